The molecule has 3 aromatic carbocycles. The lowest BCUT2D eigenvalue weighted by atomic mass is 10.2. The Balaban J connectivity index is 1.42. The maximum Gasteiger partial charge on any atom is 0.307 e. The Labute approximate surface area is 217 Å². The van der Waals surface area contributed by atoms with E-state index in [4.69, 9.17) is 32.4 Å². The number of carbonyl (C=O) groups is 1. The molecule has 0 aliphatic heterocycles. The van der Waals surface area contributed by atoms with Gasteiger partial charge in [0.05, 0.1) is 20.7 Å². The number of rotatable bonds is 6. The van der Waals surface area contributed by atoms with Crippen molar-refractivity contribution in [1.82, 2.24) is 5.43 Å². The molecule has 0 radical (unpaired) electrons. The summed E-state index contributed by atoms with van der Waals surface area (Å²) >= 11 is 19.5. The predicted molar refractivity (Wildman–Crippen MR) is 139 cm³/mol. The second-order valence-electron chi connectivity index (χ2n) is 7.20. The Bertz CT molecular complexity index is 1350. The number of hydrazone groups is 1. The molecule has 1 aromatic heterocycles. The van der Waals surface area contributed by atoms with Crippen LogP contribution in [0.1, 0.15) is 27.2 Å². The van der Waals surface area contributed by atoms with Gasteiger partial charge in [0.1, 0.15) is 12.2 Å². The van der Waals surface area contributed by atoms with Crippen LogP contribution in [0.3, 0.4) is 0 Å². The van der Waals surface area contributed by atoms with Gasteiger partial charge in [-0.1, -0.05) is 69.0 Å². The number of carbonyl (C=O) groups excluding carboxylic acids is 1. The van der Waals surface area contributed by atoms with Crippen molar-refractivity contribution in [2.75, 3.05) is 0 Å². The van der Waals surface area contributed by atoms with Crippen molar-refractivity contribution >= 4 is 78.2 Å². The van der Waals surface area contributed by atoms with Crippen molar-refractivity contribution in [3.05, 3.63) is 96.0 Å². The molecule has 0 saturated carbocycles. The highest BCUT2D eigenvalue weighted by Crippen LogP contribution is 2.34. The van der Waals surface area contributed by atoms with Crippen molar-refractivity contribution in [2.24, 2.45) is 5.10 Å². The summed E-state index contributed by atoms with van der Waals surface area (Å²) < 4.78 is 13.0. The molecule has 4 aromatic rings. The molecule has 9 heteroatoms. The lowest BCUT2D eigenvalue weighted by Crippen LogP contribution is -2.16. The minimum absolute atomic E-state index is 0.136. The van der Waals surface area contributed by atoms with Gasteiger partial charge in [-0.2, -0.15) is 5.10 Å². The van der Waals surface area contributed by atoms with Crippen LogP contribution in [0.4, 0.5) is 0 Å². The smallest absolute Gasteiger partial charge is 0.307 e. The van der Waals surface area contributed by atoms with Crippen LogP contribution in [-0.2, 0) is 6.61 Å². The van der Waals surface area contributed by atoms with Crippen molar-refractivity contribution in [1.29, 1.82) is 0 Å². The quantitative estimate of drug-likeness (QED) is 0.178. The summed E-state index contributed by atoms with van der Waals surface area (Å²) in [6.07, 6.45) is 1.44. The number of halogens is 4. The molecule has 1 amide bonds. The molecule has 1 N–H and O–H groups in total. The van der Waals surface area contributed by atoms with Gasteiger partial charge in [0.15, 0.2) is 11.5 Å². The fourth-order valence-corrected chi connectivity index (χ4v) is 4.99. The summed E-state index contributed by atoms with van der Waals surface area (Å²) in [5, 5.41) is 5.45. The van der Waals surface area contributed by atoms with Gasteiger partial charge < -0.3 is 9.15 Å². The third-order valence-electron chi connectivity index (χ3n) is 4.66. The van der Waals surface area contributed by atoms with E-state index < -0.39 is 5.91 Å². The molecule has 1 heterocycles. The molecular formula is C24H16Br2Cl2N2O3. The third-order valence-corrected chi connectivity index (χ3v) is 6.27. The Morgan fingerprint density at radius 2 is 1.79 bits per heavy atom. The third kappa shape index (κ3) is 5.79. The highest BCUT2D eigenvalue weighted by atomic mass is 79.9. The molecule has 0 aliphatic rings. The van der Waals surface area contributed by atoms with Gasteiger partial charge in [0.2, 0.25) is 0 Å². The van der Waals surface area contributed by atoms with E-state index in [0.29, 0.717) is 33.5 Å². The molecule has 0 aliphatic carbocycles. The number of benzene rings is 3. The van der Waals surface area contributed by atoms with E-state index in [-0.39, 0.29) is 5.76 Å². The first kappa shape index (κ1) is 23.8. The number of nitrogens with zero attached hydrogens (tertiary/aromatic N) is 1. The average Bonchev–Trinajstić information content (AvgIpc) is 3.19. The van der Waals surface area contributed by atoms with Crippen LogP contribution in [0.25, 0.3) is 11.0 Å². The molecule has 0 atom stereocenters. The zero-order valence-electron chi connectivity index (χ0n) is 17.2. The van der Waals surface area contributed by atoms with Gasteiger partial charge in [-0.15, -0.1) is 0 Å². The molecule has 0 fully saturated rings. The molecule has 4 rings (SSSR count). The number of amides is 1. The first-order valence-electron chi connectivity index (χ1n) is 9.69. The second kappa shape index (κ2) is 10.3. The summed E-state index contributed by atoms with van der Waals surface area (Å²) in [5.74, 6) is 0.0386. The van der Waals surface area contributed by atoms with Gasteiger partial charge in [-0.25, -0.2) is 5.43 Å². The lowest BCUT2D eigenvalue weighted by molar-refractivity contribution is 0.0929. The van der Waals surface area contributed by atoms with Gasteiger partial charge in [-0.3, -0.25) is 4.79 Å². The average molecular weight is 611 g/mol. The SMILES string of the molecule is Cc1ccc(COc2c(Cl)cc(/C=N\NC(=O)c3cc4cc(Br)cc(Br)c4o3)cc2Cl)cc1. The van der Waals surface area contributed by atoms with E-state index >= 15 is 0 Å². The number of nitrogens with one attached hydrogen (secondary N) is 1. The second-order valence-corrected chi connectivity index (χ2v) is 9.79. The van der Waals surface area contributed by atoms with E-state index in [1.807, 2.05) is 43.3 Å². The maximum absolute atomic E-state index is 12.4. The van der Waals surface area contributed by atoms with Crippen molar-refractivity contribution in [3.63, 3.8) is 0 Å². The van der Waals surface area contributed by atoms with Crippen molar-refractivity contribution in [3.8, 4) is 5.75 Å². The molecule has 0 unspecified atom stereocenters. The van der Waals surface area contributed by atoms with Gasteiger partial charge >= 0.3 is 5.91 Å². The topological polar surface area (TPSA) is 63.8 Å². The zero-order valence-corrected chi connectivity index (χ0v) is 21.8. The van der Waals surface area contributed by atoms with Crippen LogP contribution in [-0.4, -0.2) is 12.1 Å². The highest BCUT2D eigenvalue weighted by molar-refractivity contribution is 9.11. The lowest BCUT2D eigenvalue weighted by Gasteiger charge is -2.11. The van der Waals surface area contributed by atoms with Crippen LogP contribution >= 0.6 is 55.1 Å². The Hall–Kier alpha value is -2.32. The Morgan fingerprint density at radius 3 is 2.48 bits per heavy atom. The van der Waals surface area contributed by atoms with Gasteiger partial charge in [0, 0.05) is 9.86 Å². The molecule has 0 saturated heterocycles. The van der Waals surface area contributed by atoms with Gasteiger partial charge in [0.25, 0.3) is 0 Å². The van der Waals surface area contributed by atoms with Crippen LogP contribution in [0, 0.1) is 6.92 Å². The first-order valence-corrected chi connectivity index (χ1v) is 12.0. The maximum atomic E-state index is 12.4. The molecular weight excluding hydrogens is 595 g/mol. The van der Waals surface area contributed by atoms with E-state index in [0.717, 1.165) is 19.9 Å². The van der Waals surface area contributed by atoms with Crippen molar-refractivity contribution < 1.29 is 13.9 Å². The summed E-state index contributed by atoms with van der Waals surface area (Å²) in [6.45, 7) is 2.36. The van der Waals surface area contributed by atoms with E-state index in [1.165, 1.54) is 11.8 Å². The van der Waals surface area contributed by atoms with E-state index in [9.17, 15) is 4.79 Å². The molecule has 168 valence electrons. The van der Waals surface area contributed by atoms with Crippen molar-refractivity contribution in [2.45, 2.75) is 13.5 Å². The number of hydrogen-bond acceptors (Lipinski definition) is 4. The summed E-state index contributed by atoms with van der Waals surface area (Å²) in [7, 11) is 0. The first-order chi connectivity index (χ1) is 15.8. The fourth-order valence-electron chi connectivity index (χ4n) is 3.04. The number of aryl methyl sites for hydroxylation is 1. The normalized spacial score (nSPS) is 11.3. The molecule has 0 bridgehead atoms. The molecule has 33 heavy (non-hydrogen) atoms. The number of hydrogen-bond donors (Lipinski definition) is 1. The number of fused-ring (bicyclic) bond motifs is 1. The fraction of sp³-hybridized carbons (Fsp3) is 0.0833. The summed E-state index contributed by atoms with van der Waals surface area (Å²) in [5.41, 5.74) is 5.80. The monoisotopic (exact) mass is 608 g/mol. The largest absolute Gasteiger partial charge is 0.486 e. The van der Waals surface area contributed by atoms with Gasteiger partial charge in [-0.05, 0) is 64.3 Å². The van der Waals surface area contributed by atoms with Crippen LogP contribution < -0.4 is 10.2 Å². The minimum atomic E-state index is -0.485. The van der Waals surface area contributed by atoms with Crippen LogP contribution in [0.2, 0.25) is 10.0 Å². The number of ether oxygens (including phenoxy) is 1. The summed E-state index contributed by atoms with van der Waals surface area (Å²) in [6, 6.07) is 16.7. The molecule has 5 nitrogen and oxygen atoms in total. The van der Waals surface area contributed by atoms with E-state index in [1.54, 1.807) is 18.2 Å². The Kier molecular flexibility index (Phi) is 7.44. The standard InChI is InChI=1S/C24H16Br2Cl2N2O3/c1-13-2-4-14(5-3-13)12-32-23-19(27)6-15(7-20(23)28)11-29-30-24(31)21-9-16-8-17(25)10-18(26)22(16)33-21/h2-11H,12H2,1H3,(H,30,31)/b29-11-. The predicted octanol–water partition coefficient (Wildman–Crippen LogP) is 7.92. The minimum Gasteiger partial charge on any atom is -0.486 e. The van der Waals surface area contributed by atoms with E-state index in [2.05, 4.69) is 42.4 Å². The Morgan fingerprint density at radius 1 is 1.09 bits per heavy atom. The van der Waals surface area contributed by atoms with Crippen LogP contribution in [0.5, 0.6) is 5.75 Å². The number of furan rings is 1. The summed E-state index contributed by atoms with van der Waals surface area (Å²) in [4.78, 5) is 12.4. The zero-order chi connectivity index (χ0) is 23.5. The highest BCUT2D eigenvalue weighted by Gasteiger charge is 2.14. The molecule has 0 spiro atoms. The van der Waals surface area contributed by atoms with Crippen LogP contribution in [0.15, 0.2) is 73.1 Å².